The van der Waals surface area contributed by atoms with Gasteiger partial charge in [0.1, 0.15) is 6.10 Å². The van der Waals surface area contributed by atoms with E-state index in [1.807, 2.05) is 0 Å². The SMILES string of the molecule is CC(=O)O[C@H]1/C=C/[C@@H](O)C[C@@H](C)OC(=O)C[C@@H]1OC(C)=O. The highest BCUT2D eigenvalue weighted by atomic mass is 16.6. The van der Waals surface area contributed by atoms with Crippen molar-refractivity contribution in [3.63, 3.8) is 0 Å². The molecule has 1 N–H and O–H groups in total. The van der Waals surface area contributed by atoms with Crippen LogP contribution in [0.5, 0.6) is 0 Å². The van der Waals surface area contributed by atoms with Gasteiger partial charge in [-0.05, 0) is 13.0 Å². The topological polar surface area (TPSA) is 99.1 Å². The Bertz CT molecular complexity index is 429. The molecule has 0 bridgehead atoms. The first kappa shape index (κ1) is 17.2. The molecule has 0 aromatic rings. The molecule has 0 fully saturated rings. The number of carbonyl (C=O) groups is 3. The van der Waals surface area contributed by atoms with Crippen molar-refractivity contribution in [3.05, 3.63) is 12.2 Å². The van der Waals surface area contributed by atoms with Crippen LogP contribution >= 0.6 is 0 Å². The molecule has 0 aliphatic carbocycles. The van der Waals surface area contributed by atoms with E-state index in [0.29, 0.717) is 0 Å². The number of aliphatic hydroxyl groups is 1. The number of cyclic esters (lactones) is 1. The summed E-state index contributed by atoms with van der Waals surface area (Å²) >= 11 is 0. The second kappa shape index (κ2) is 7.78. The van der Waals surface area contributed by atoms with Gasteiger partial charge in [-0.15, -0.1) is 0 Å². The van der Waals surface area contributed by atoms with Gasteiger partial charge < -0.3 is 19.3 Å². The molecule has 0 aromatic carbocycles. The van der Waals surface area contributed by atoms with Gasteiger partial charge in [0.15, 0.2) is 12.2 Å². The van der Waals surface area contributed by atoms with E-state index in [1.165, 1.54) is 26.0 Å². The van der Waals surface area contributed by atoms with Crippen molar-refractivity contribution in [2.75, 3.05) is 0 Å². The molecule has 0 saturated heterocycles. The van der Waals surface area contributed by atoms with Gasteiger partial charge in [0, 0.05) is 20.3 Å². The molecule has 118 valence electrons. The van der Waals surface area contributed by atoms with Crippen LogP contribution in [0, 0.1) is 0 Å². The first-order valence-corrected chi connectivity index (χ1v) is 6.68. The number of hydrogen-bond acceptors (Lipinski definition) is 7. The molecule has 0 amide bonds. The summed E-state index contributed by atoms with van der Waals surface area (Å²) in [5.74, 6) is -1.78. The van der Waals surface area contributed by atoms with Crippen molar-refractivity contribution >= 4 is 17.9 Å². The van der Waals surface area contributed by atoms with Crippen LogP contribution in [0.3, 0.4) is 0 Å². The van der Waals surface area contributed by atoms with Gasteiger partial charge in [0.25, 0.3) is 0 Å². The Morgan fingerprint density at radius 2 is 1.86 bits per heavy atom. The highest BCUT2D eigenvalue weighted by Gasteiger charge is 2.30. The third-order valence-electron chi connectivity index (χ3n) is 2.78. The molecule has 0 saturated carbocycles. The Morgan fingerprint density at radius 1 is 1.24 bits per heavy atom. The van der Waals surface area contributed by atoms with E-state index in [4.69, 9.17) is 14.2 Å². The van der Waals surface area contributed by atoms with Gasteiger partial charge in [-0.3, -0.25) is 14.4 Å². The Morgan fingerprint density at radius 3 is 2.43 bits per heavy atom. The van der Waals surface area contributed by atoms with Crippen LogP contribution in [-0.2, 0) is 28.6 Å². The molecule has 7 heteroatoms. The molecule has 4 atom stereocenters. The summed E-state index contributed by atoms with van der Waals surface area (Å²) in [6, 6.07) is 0. The van der Waals surface area contributed by atoms with E-state index in [2.05, 4.69) is 0 Å². The highest BCUT2D eigenvalue weighted by Crippen LogP contribution is 2.17. The summed E-state index contributed by atoms with van der Waals surface area (Å²) in [6.07, 6.45) is -0.433. The van der Waals surface area contributed by atoms with E-state index in [-0.39, 0.29) is 12.8 Å². The van der Waals surface area contributed by atoms with E-state index < -0.39 is 42.3 Å². The van der Waals surface area contributed by atoms with Crippen LogP contribution in [0.4, 0.5) is 0 Å². The van der Waals surface area contributed by atoms with Crippen molar-refractivity contribution in [2.24, 2.45) is 0 Å². The van der Waals surface area contributed by atoms with Crippen LogP contribution in [0.25, 0.3) is 0 Å². The monoisotopic (exact) mass is 300 g/mol. The van der Waals surface area contributed by atoms with Gasteiger partial charge in [0.05, 0.1) is 12.5 Å². The fraction of sp³-hybridized carbons (Fsp3) is 0.643. The minimum atomic E-state index is -0.993. The van der Waals surface area contributed by atoms with E-state index in [1.54, 1.807) is 6.92 Å². The Hall–Kier alpha value is -1.89. The van der Waals surface area contributed by atoms with E-state index in [9.17, 15) is 19.5 Å². The highest BCUT2D eigenvalue weighted by molar-refractivity contribution is 5.72. The summed E-state index contributed by atoms with van der Waals surface area (Å²) in [4.78, 5) is 34.1. The lowest BCUT2D eigenvalue weighted by Gasteiger charge is -2.26. The van der Waals surface area contributed by atoms with Gasteiger partial charge in [-0.2, -0.15) is 0 Å². The Labute approximate surface area is 122 Å². The smallest absolute Gasteiger partial charge is 0.309 e. The zero-order valence-electron chi connectivity index (χ0n) is 12.3. The molecular formula is C14H20O7. The largest absolute Gasteiger partial charge is 0.462 e. The van der Waals surface area contributed by atoms with Crippen LogP contribution in [0.1, 0.15) is 33.6 Å². The predicted octanol–water partition coefficient (Wildman–Crippen LogP) is 0.492. The van der Waals surface area contributed by atoms with Gasteiger partial charge >= 0.3 is 17.9 Å². The average Bonchev–Trinajstić information content (AvgIpc) is 2.31. The second-order valence-electron chi connectivity index (χ2n) is 4.91. The minimum absolute atomic E-state index is 0.229. The first-order chi connectivity index (χ1) is 9.77. The van der Waals surface area contributed by atoms with Crippen LogP contribution < -0.4 is 0 Å². The standard InChI is InChI=1S/C14H20O7/c1-8-6-11(17)4-5-12(20-9(2)15)13(21-10(3)16)7-14(18)19-8/h4-5,8,11-13,17H,6-7H2,1-3H3/b5-4+/t8-,11-,12+,13+/m1/s1. The van der Waals surface area contributed by atoms with Crippen molar-refractivity contribution in [1.82, 2.24) is 0 Å². The van der Waals surface area contributed by atoms with Gasteiger partial charge in [-0.1, -0.05) is 6.08 Å². The normalized spacial score (nSPS) is 31.7. The van der Waals surface area contributed by atoms with Crippen molar-refractivity contribution in [2.45, 2.75) is 58.0 Å². The van der Waals surface area contributed by atoms with Gasteiger partial charge in [0.2, 0.25) is 0 Å². The third-order valence-corrected chi connectivity index (χ3v) is 2.78. The lowest BCUT2D eigenvalue weighted by atomic mass is 10.1. The Balaban J connectivity index is 3.01. The van der Waals surface area contributed by atoms with Crippen molar-refractivity contribution in [1.29, 1.82) is 0 Å². The van der Waals surface area contributed by atoms with Crippen molar-refractivity contribution < 1.29 is 33.7 Å². The zero-order chi connectivity index (χ0) is 16.0. The molecule has 21 heavy (non-hydrogen) atoms. The number of hydrogen-bond donors (Lipinski definition) is 1. The lowest BCUT2D eigenvalue weighted by Crippen LogP contribution is -2.37. The molecule has 0 aromatic heterocycles. The van der Waals surface area contributed by atoms with Crippen LogP contribution in [0.15, 0.2) is 12.2 Å². The number of aliphatic hydroxyl groups excluding tert-OH is 1. The lowest BCUT2D eigenvalue weighted by molar-refractivity contribution is -0.168. The average molecular weight is 300 g/mol. The molecule has 1 rings (SSSR count). The number of rotatable bonds is 2. The molecule has 0 spiro atoms. The maximum Gasteiger partial charge on any atom is 0.309 e. The molecule has 0 unspecified atom stereocenters. The Kier molecular flexibility index (Phi) is 6.36. The summed E-state index contributed by atoms with van der Waals surface area (Å²) in [5, 5.41) is 9.78. The maximum atomic E-state index is 11.8. The molecule has 1 heterocycles. The molecule has 7 nitrogen and oxygen atoms in total. The first-order valence-electron chi connectivity index (χ1n) is 6.68. The molecular weight excluding hydrogens is 280 g/mol. The molecule has 1 aliphatic rings. The number of carbonyl (C=O) groups excluding carboxylic acids is 3. The summed E-state index contributed by atoms with van der Waals surface area (Å²) in [7, 11) is 0. The fourth-order valence-corrected chi connectivity index (χ4v) is 2.01. The minimum Gasteiger partial charge on any atom is -0.462 e. The molecule has 0 radical (unpaired) electrons. The van der Waals surface area contributed by atoms with E-state index >= 15 is 0 Å². The molecule has 1 aliphatic heterocycles. The van der Waals surface area contributed by atoms with E-state index in [0.717, 1.165) is 0 Å². The van der Waals surface area contributed by atoms with Crippen LogP contribution in [-0.4, -0.2) is 47.4 Å². The number of esters is 3. The third kappa shape index (κ3) is 6.40. The summed E-state index contributed by atoms with van der Waals surface area (Å²) < 4.78 is 15.2. The second-order valence-corrected chi connectivity index (χ2v) is 4.91. The number of ether oxygens (including phenoxy) is 3. The summed E-state index contributed by atoms with van der Waals surface area (Å²) in [6.45, 7) is 4.05. The zero-order valence-corrected chi connectivity index (χ0v) is 12.3. The van der Waals surface area contributed by atoms with Crippen molar-refractivity contribution in [3.8, 4) is 0 Å². The summed E-state index contributed by atoms with van der Waals surface area (Å²) in [5.41, 5.74) is 0. The fourth-order valence-electron chi connectivity index (χ4n) is 2.01. The maximum absolute atomic E-state index is 11.8. The van der Waals surface area contributed by atoms with Gasteiger partial charge in [-0.25, -0.2) is 0 Å². The quantitative estimate of drug-likeness (QED) is 0.450. The predicted molar refractivity (Wildman–Crippen MR) is 71.0 cm³/mol. The van der Waals surface area contributed by atoms with Crippen LogP contribution in [0.2, 0.25) is 0 Å².